The molecule has 1 atom stereocenters. The van der Waals surface area contributed by atoms with Crippen LogP contribution in [0.1, 0.15) is 32.3 Å². The zero-order valence-corrected chi connectivity index (χ0v) is 13.7. The van der Waals surface area contributed by atoms with Crippen molar-refractivity contribution in [1.82, 2.24) is 5.32 Å². The molecule has 1 unspecified atom stereocenters. The van der Waals surface area contributed by atoms with E-state index in [1.807, 2.05) is 13.0 Å². The van der Waals surface area contributed by atoms with Crippen molar-refractivity contribution in [3.8, 4) is 0 Å². The molecule has 0 saturated carbocycles. The van der Waals surface area contributed by atoms with Gasteiger partial charge in [0.1, 0.15) is 0 Å². The minimum Gasteiger partial charge on any atom is -0.392 e. The van der Waals surface area contributed by atoms with Gasteiger partial charge in [0.15, 0.2) is 0 Å². The van der Waals surface area contributed by atoms with Gasteiger partial charge in [0, 0.05) is 17.3 Å². The van der Waals surface area contributed by atoms with Crippen LogP contribution < -0.4 is 10.6 Å². The molecule has 4 nitrogen and oxygen atoms in total. The Morgan fingerprint density at radius 2 is 2.00 bits per heavy atom. The zero-order chi connectivity index (χ0) is 15.8. The van der Waals surface area contributed by atoms with E-state index in [-0.39, 0.29) is 18.4 Å². The zero-order valence-electron chi connectivity index (χ0n) is 12.9. The quantitative estimate of drug-likeness (QED) is 0.691. The lowest BCUT2D eigenvalue weighted by atomic mass is 9.97. The van der Waals surface area contributed by atoms with Gasteiger partial charge in [-0.2, -0.15) is 0 Å². The van der Waals surface area contributed by atoms with Gasteiger partial charge < -0.3 is 15.7 Å². The Morgan fingerprint density at radius 1 is 1.33 bits per heavy atom. The second kappa shape index (κ2) is 9.03. The average molecular weight is 313 g/mol. The number of rotatable bonds is 8. The molecule has 1 aromatic rings. The highest BCUT2D eigenvalue weighted by Gasteiger charge is 2.15. The van der Waals surface area contributed by atoms with Gasteiger partial charge in [-0.15, -0.1) is 0 Å². The maximum Gasteiger partial charge on any atom is 0.238 e. The monoisotopic (exact) mass is 312 g/mol. The average Bonchev–Trinajstić information content (AvgIpc) is 2.44. The number of carbonyl (C=O) groups excluding carboxylic acids is 1. The summed E-state index contributed by atoms with van der Waals surface area (Å²) in [4.78, 5) is 11.9. The van der Waals surface area contributed by atoms with Crippen LogP contribution in [0.5, 0.6) is 0 Å². The third-order valence-electron chi connectivity index (χ3n) is 3.71. The molecular formula is C16H25ClN2O2. The van der Waals surface area contributed by atoms with E-state index >= 15 is 0 Å². The summed E-state index contributed by atoms with van der Waals surface area (Å²) in [5.74, 6) is 0.132. The van der Waals surface area contributed by atoms with Crippen molar-refractivity contribution >= 4 is 23.2 Å². The summed E-state index contributed by atoms with van der Waals surface area (Å²) in [6, 6.07) is 5.38. The number of hydrogen-bond acceptors (Lipinski definition) is 3. The summed E-state index contributed by atoms with van der Waals surface area (Å²) in [6.45, 7) is 6.63. The lowest BCUT2D eigenvalue weighted by Gasteiger charge is -2.20. The van der Waals surface area contributed by atoms with E-state index in [4.69, 9.17) is 11.6 Å². The fourth-order valence-corrected chi connectivity index (χ4v) is 2.43. The minimum absolute atomic E-state index is 0.142. The predicted octanol–water partition coefficient (Wildman–Crippen LogP) is 2.97. The van der Waals surface area contributed by atoms with E-state index in [1.54, 1.807) is 12.1 Å². The van der Waals surface area contributed by atoms with Crippen molar-refractivity contribution in [2.75, 3.05) is 18.4 Å². The number of nitrogens with one attached hydrogen (secondary N) is 2. The predicted molar refractivity (Wildman–Crippen MR) is 87.8 cm³/mol. The van der Waals surface area contributed by atoms with Gasteiger partial charge in [-0.1, -0.05) is 44.4 Å². The Bertz CT molecular complexity index is 462. The number of hydrogen-bond donors (Lipinski definition) is 3. The third kappa shape index (κ3) is 6.04. The van der Waals surface area contributed by atoms with Gasteiger partial charge in [-0.3, -0.25) is 4.79 Å². The van der Waals surface area contributed by atoms with Crippen molar-refractivity contribution in [2.24, 2.45) is 5.92 Å². The molecule has 21 heavy (non-hydrogen) atoms. The molecule has 1 amide bonds. The van der Waals surface area contributed by atoms with E-state index in [0.717, 1.165) is 24.1 Å². The lowest BCUT2D eigenvalue weighted by Crippen LogP contribution is -2.37. The Kier molecular flexibility index (Phi) is 7.72. The largest absolute Gasteiger partial charge is 0.392 e. The molecule has 0 saturated heterocycles. The van der Waals surface area contributed by atoms with Gasteiger partial charge in [-0.05, 0) is 30.5 Å². The second-order valence-electron chi connectivity index (χ2n) is 5.28. The van der Waals surface area contributed by atoms with E-state index in [1.165, 1.54) is 0 Å². The Morgan fingerprint density at radius 3 is 2.62 bits per heavy atom. The molecule has 0 aliphatic heterocycles. The van der Waals surface area contributed by atoms with Crippen molar-refractivity contribution < 1.29 is 9.90 Å². The first-order chi connectivity index (χ1) is 9.97. The summed E-state index contributed by atoms with van der Waals surface area (Å²) in [5, 5.41) is 16.4. The van der Waals surface area contributed by atoms with Crippen LogP contribution in [0, 0.1) is 12.8 Å². The molecule has 1 rings (SSSR count). The number of aliphatic hydroxyl groups is 1. The summed E-state index contributed by atoms with van der Waals surface area (Å²) < 4.78 is 0. The summed E-state index contributed by atoms with van der Waals surface area (Å²) >= 11 is 5.91. The highest BCUT2D eigenvalue weighted by molar-refractivity contribution is 6.31. The molecule has 0 aromatic heterocycles. The first-order valence-electron chi connectivity index (χ1n) is 7.42. The van der Waals surface area contributed by atoms with Crippen LogP contribution in [0.4, 0.5) is 5.69 Å². The van der Waals surface area contributed by atoms with E-state index in [2.05, 4.69) is 24.5 Å². The van der Waals surface area contributed by atoms with E-state index in [0.29, 0.717) is 11.6 Å². The van der Waals surface area contributed by atoms with Crippen LogP contribution in [-0.4, -0.2) is 30.2 Å². The van der Waals surface area contributed by atoms with Crippen LogP contribution in [0.2, 0.25) is 5.02 Å². The highest BCUT2D eigenvalue weighted by Crippen LogP contribution is 2.19. The lowest BCUT2D eigenvalue weighted by molar-refractivity contribution is -0.115. The van der Waals surface area contributed by atoms with Crippen LogP contribution in [0.15, 0.2) is 18.2 Å². The number of aliphatic hydroxyl groups excluding tert-OH is 1. The van der Waals surface area contributed by atoms with E-state index in [9.17, 15) is 9.90 Å². The van der Waals surface area contributed by atoms with Gasteiger partial charge >= 0.3 is 0 Å². The molecule has 118 valence electrons. The van der Waals surface area contributed by atoms with Crippen molar-refractivity contribution in [1.29, 1.82) is 0 Å². The normalized spacial score (nSPS) is 12.5. The van der Waals surface area contributed by atoms with Crippen LogP contribution in [0.3, 0.4) is 0 Å². The van der Waals surface area contributed by atoms with Gasteiger partial charge in [-0.25, -0.2) is 0 Å². The van der Waals surface area contributed by atoms with Crippen LogP contribution in [-0.2, 0) is 4.79 Å². The Balaban J connectivity index is 2.39. The second-order valence-corrected chi connectivity index (χ2v) is 5.72. The van der Waals surface area contributed by atoms with Gasteiger partial charge in [0.05, 0.1) is 12.6 Å². The summed E-state index contributed by atoms with van der Waals surface area (Å²) in [7, 11) is 0. The summed E-state index contributed by atoms with van der Waals surface area (Å²) in [6.07, 6.45) is 1.46. The maximum absolute atomic E-state index is 11.9. The Labute approximate surface area is 131 Å². The maximum atomic E-state index is 11.9. The fraction of sp³-hybridized carbons (Fsp3) is 0.562. The Hall–Kier alpha value is -1.10. The van der Waals surface area contributed by atoms with Crippen LogP contribution >= 0.6 is 11.6 Å². The third-order valence-corrected chi connectivity index (χ3v) is 3.94. The molecule has 0 radical (unpaired) electrons. The topological polar surface area (TPSA) is 61.4 Å². The number of carbonyl (C=O) groups is 1. The van der Waals surface area contributed by atoms with Crippen molar-refractivity contribution in [3.63, 3.8) is 0 Å². The number of amides is 1. The van der Waals surface area contributed by atoms with Crippen molar-refractivity contribution in [2.45, 2.75) is 39.7 Å². The molecular weight excluding hydrogens is 288 g/mol. The molecule has 1 aromatic carbocycles. The highest BCUT2D eigenvalue weighted by atomic mass is 35.5. The fourth-order valence-electron chi connectivity index (χ4n) is 2.26. The molecule has 3 N–H and O–H groups in total. The molecule has 0 aliphatic rings. The number of halogens is 1. The smallest absolute Gasteiger partial charge is 0.238 e. The van der Waals surface area contributed by atoms with Gasteiger partial charge in [0.25, 0.3) is 0 Å². The standard InChI is InChI=1S/C16H25ClN2O2/c1-4-12(5-2)15(20)9-18-10-16(21)19-14-8-13(17)7-6-11(14)3/h6-8,12,15,18,20H,4-5,9-10H2,1-3H3,(H,19,21). The number of benzene rings is 1. The molecule has 0 heterocycles. The SMILES string of the molecule is CCC(CC)C(O)CNCC(=O)Nc1cc(Cl)ccc1C. The van der Waals surface area contributed by atoms with Crippen LogP contribution in [0.25, 0.3) is 0 Å². The van der Waals surface area contributed by atoms with Gasteiger partial charge in [0.2, 0.25) is 5.91 Å². The van der Waals surface area contributed by atoms with E-state index < -0.39 is 6.10 Å². The molecule has 0 spiro atoms. The molecule has 5 heteroatoms. The molecule has 0 bridgehead atoms. The molecule has 0 aliphatic carbocycles. The number of anilines is 1. The first kappa shape index (κ1) is 18.0. The van der Waals surface area contributed by atoms with Crippen molar-refractivity contribution in [3.05, 3.63) is 28.8 Å². The minimum atomic E-state index is -0.416. The molecule has 0 fully saturated rings. The first-order valence-corrected chi connectivity index (χ1v) is 7.80. The number of aryl methyl sites for hydroxylation is 1. The summed E-state index contributed by atoms with van der Waals surface area (Å²) in [5.41, 5.74) is 1.68.